The quantitative estimate of drug-likeness (QED) is 0.371. The molecule has 0 aliphatic heterocycles. The molecule has 6 heteroatoms. The highest BCUT2D eigenvalue weighted by Crippen LogP contribution is 2.37. The van der Waals surface area contributed by atoms with Gasteiger partial charge in [-0.3, -0.25) is 4.79 Å². The summed E-state index contributed by atoms with van der Waals surface area (Å²) in [4.78, 5) is 13.2. The molecule has 1 atom stereocenters. The van der Waals surface area contributed by atoms with Gasteiger partial charge in [-0.2, -0.15) is 4.68 Å². The SMILES string of the molecule is O=C(c1ccccc1)[C@@H](Sc1nnnn1-c1ccccc1)c1ccccc1. The Hall–Kier alpha value is -3.25. The molecule has 0 aliphatic rings. The molecule has 0 bridgehead atoms. The number of tetrazole rings is 1. The van der Waals surface area contributed by atoms with Crippen LogP contribution in [0.4, 0.5) is 0 Å². The maximum Gasteiger partial charge on any atom is 0.215 e. The number of aromatic nitrogens is 4. The second-order valence-corrected chi connectivity index (χ2v) is 6.92. The number of thioether (sulfide) groups is 1. The van der Waals surface area contributed by atoms with Crippen molar-refractivity contribution >= 4 is 17.5 Å². The highest BCUT2D eigenvalue weighted by Gasteiger charge is 2.26. The number of para-hydroxylation sites is 1. The van der Waals surface area contributed by atoms with Gasteiger partial charge >= 0.3 is 0 Å². The summed E-state index contributed by atoms with van der Waals surface area (Å²) in [7, 11) is 0. The predicted molar refractivity (Wildman–Crippen MR) is 105 cm³/mol. The Labute approximate surface area is 161 Å². The van der Waals surface area contributed by atoms with Gasteiger partial charge in [0.15, 0.2) is 5.78 Å². The summed E-state index contributed by atoms with van der Waals surface area (Å²) in [5.41, 5.74) is 2.43. The summed E-state index contributed by atoms with van der Waals surface area (Å²) in [5.74, 6) is 0.0226. The Kier molecular flexibility index (Phi) is 5.07. The Morgan fingerprint density at radius 3 is 2.07 bits per heavy atom. The fourth-order valence-electron chi connectivity index (χ4n) is 2.74. The minimum Gasteiger partial charge on any atom is -0.293 e. The van der Waals surface area contributed by atoms with Gasteiger partial charge in [-0.1, -0.05) is 90.6 Å². The van der Waals surface area contributed by atoms with E-state index in [0.29, 0.717) is 10.7 Å². The first-order valence-electron chi connectivity index (χ1n) is 8.47. The first-order chi connectivity index (χ1) is 13.3. The summed E-state index contributed by atoms with van der Waals surface area (Å²) in [6.07, 6.45) is 0. The largest absolute Gasteiger partial charge is 0.293 e. The number of ketones is 1. The first-order valence-corrected chi connectivity index (χ1v) is 9.35. The van der Waals surface area contributed by atoms with Gasteiger partial charge in [0.2, 0.25) is 5.16 Å². The maximum absolute atomic E-state index is 13.2. The summed E-state index contributed by atoms with van der Waals surface area (Å²) in [6.45, 7) is 0. The van der Waals surface area contributed by atoms with Crippen molar-refractivity contribution in [3.8, 4) is 5.69 Å². The van der Waals surface area contributed by atoms with Crippen molar-refractivity contribution in [1.29, 1.82) is 0 Å². The molecule has 27 heavy (non-hydrogen) atoms. The minimum atomic E-state index is -0.443. The van der Waals surface area contributed by atoms with Gasteiger partial charge in [-0.15, -0.1) is 5.10 Å². The van der Waals surface area contributed by atoms with Gasteiger partial charge in [0, 0.05) is 5.56 Å². The summed E-state index contributed by atoms with van der Waals surface area (Å²) in [5, 5.41) is 12.2. The topological polar surface area (TPSA) is 60.7 Å². The molecule has 0 radical (unpaired) electrons. The Morgan fingerprint density at radius 2 is 1.41 bits per heavy atom. The van der Waals surface area contributed by atoms with E-state index in [1.165, 1.54) is 11.8 Å². The van der Waals surface area contributed by atoms with Crippen LogP contribution in [0.5, 0.6) is 0 Å². The van der Waals surface area contributed by atoms with E-state index in [4.69, 9.17) is 0 Å². The Bertz CT molecular complexity index is 1020. The lowest BCUT2D eigenvalue weighted by molar-refractivity contribution is 0.0989. The fourth-order valence-corrected chi connectivity index (χ4v) is 3.82. The minimum absolute atomic E-state index is 0.0226. The second kappa shape index (κ2) is 7.97. The third-order valence-electron chi connectivity index (χ3n) is 4.06. The van der Waals surface area contributed by atoms with E-state index in [9.17, 15) is 4.79 Å². The van der Waals surface area contributed by atoms with Gasteiger partial charge in [-0.05, 0) is 28.1 Å². The molecule has 5 nitrogen and oxygen atoms in total. The van der Waals surface area contributed by atoms with Crippen molar-refractivity contribution in [3.05, 3.63) is 102 Å². The molecule has 132 valence electrons. The van der Waals surface area contributed by atoms with E-state index in [1.54, 1.807) is 4.68 Å². The van der Waals surface area contributed by atoms with E-state index in [2.05, 4.69) is 15.5 Å². The molecule has 4 rings (SSSR count). The zero-order valence-electron chi connectivity index (χ0n) is 14.3. The molecule has 0 fully saturated rings. The van der Waals surface area contributed by atoms with Crippen LogP contribution in [0.3, 0.4) is 0 Å². The lowest BCUT2D eigenvalue weighted by Gasteiger charge is -2.15. The monoisotopic (exact) mass is 372 g/mol. The van der Waals surface area contributed by atoms with Gasteiger partial charge in [0.25, 0.3) is 0 Å². The molecular formula is C21H16N4OS. The van der Waals surface area contributed by atoms with Gasteiger partial charge < -0.3 is 0 Å². The van der Waals surface area contributed by atoms with Crippen LogP contribution in [0.25, 0.3) is 5.69 Å². The number of hydrogen-bond acceptors (Lipinski definition) is 5. The average Bonchev–Trinajstić information content (AvgIpc) is 3.22. The average molecular weight is 372 g/mol. The zero-order valence-corrected chi connectivity index (χ0v) is 15.2. The van der Waals surface area contributed by atoms with Gasteiger partial charge in [0.05, 0.1) is 5.69 Å². The van der Waals surface area contributed by atoms with E-state index < -0.39 is 5.25 Å². The summed E-state index contributed by atoms with van der Waals surface area (Å²) >= 11 is 1.35. The molecule has 3 aromatic carbocycles. The van der Waals surface area contributed by atoms with Crippen LogP contribution >= 0.6 is 11.8 Å². The zero-order chi connectivity index (χ0) is 18.5. The Morgan fingerprint density at radius 1 is 0.815 bits per heavy atom. The number of nitrogens with zero attached hydrogens (tertiary/aromatic N) is 4. The van der Waals surface area contributed by atoms with Crippen LogP contribution in [0, 0.1) is 0 Å². The lowest BCUT2D eigenvalue weighted by atomic mass is 10.0. The number of rotatable bonds is 6. The van der Waals surface area contributed by atoms with Crippen LogP contribution in [0.15, 0.2) is 96.2 Å². The van der Waals surface area contributed by atoms with Crippen molar-refractivity contribution in [2.24, 2.45) is 0 Å². The van der Waals surface area contributed by atoms with Gasteiger partial charge in [-0.25, -0.2) is 0 Å². The van der Waals surface area contributed by atoms with Crippen LogP contribution in [0.2, 0.25) is 0 Å². The lowest BCUT2D eigenvalue weighted by Crippen LogP contribution is -2.11. The second-order valence-electron chi connectivity index (χ2n) is 5.85. The molecule has 0 spiro atoms. The molecule has 0 saturated heterocycles. The van der Waals surface area contributed by atoms with Gasteiger partial charge in [0.1, 0.15) is 5.25 Å². The Balaban J connectivity index is 1.71. The summed E-state index contributed by atoms with van der Waals surface area (Å²) in [6, 6.07) is 28.7. The molecule has 0 N–H and O–H groups in total. The van der Waals surface area contributed by atoms with E-state index in [-0.39, 0.29) is 5.78 Å². The molecule has 0 aliphatic carbocycles. The molecular weight excluding hydrogens is 356 g/mol. The van der Waals surface area contributed by atoms with Crippen LogP contribution in [-0.4, -0.2) is 26.0 Å². The van der Waals surface area contributed by atoms with E-state index in [0.717, 1.165) is 11.3 Å². The number of Topliss-reactive ketones (excluding diaryl/α,β-unsaturated/α-hetero) is 1. The molecule has 4 aromatic rings. The molecule has 0 amide bonds. The number of benzene rings is 3. The smallest absolute Gasteiger partial charge is 0.215 e. The molecule has 0 saturated carbocycles. The molecule has 0 unspecified atom stereocenters. The number of carbonyl (C=O) groups is 1. The maximum atomic E-state index is 13.2. The van der Waals surface area contributed by atoms with Crippen molar-refractivity contribution in [1.82, 2.24) is 20.2 Å². The number of carbonyl (C=O) groups excluding carboxylic acids is 1. The van der Waals surface area contributed by atoms with Crippen molar-refractivity contribution in [2.45, 2.75) is 10.4 Å². The van der Waals surface area contributed by atoms with E-state index >= 15 is 0 Å². The third kappa shape index (κ3) is 3.80. The van der Waals surface area contributed by atoms with Crippen molar-refractivity contribution in [2.75, 3.05) is 0 Å². The van der Waals surface area contributed by atoms with Crippen LogP contribution in [0.1, 0.15) is 21.2 Å². The fraction of sp³-hybridized carbons (Fsp3) is 0.0476. The summed E-state index contributed by atoms with van der Waals surface area (Å²) < 4.78 is 1.65. The standard InChI is InChI=1S/C21H16N4OS/c26-19(16-10-4-1-5-11-16)20(17-12-6-2-7-13-17)27-21-22-23-24-25(21)18-14-8-3-9-15-18/h1-15,20H/t20-/m0/s1. The number of hydrogen-bond donors (Lipinski definition) is 0. The highest BCUT2D eigenvalue weighted by molar-refractivity contribution is 8.00. The molecule has 1 aromatic heterocycles. The van der Waals surface area contributed by atoms with Crippen LogP contribution in [-0.2, 0) is 0 Å². The molecule has 1 heterocycles. The van der Waals surface area contributed by atoms with Crippen molar-refractivity contribution < 1.29 is 4.79 Å². The van der Waals surface area contributed by atoms with E-state index in [1.807, 2.05) is 91.0 Å². The van der Waals surface area contributed by atoms with Crippen LogP contribution < -0.4 is 0 Å². The first kappa shape index (κ1) is 17.2. The highest BCUT2D eigenvalue weighted by atomic mass is 32.2. The normalized spacial score (nSPS) is 11.9. The predicted octanol–water partition coefficient (Wildman–Crippen LogP) is 4.38. The van der Waals surface area contributed by atoms with Crippen molar-refractivity contribution in [3.63, 3.8) is 0 Å². The third-order valence-corrected chi connectivity index (χ3v) is 5.25.